The standard InChI is InChI=1S/C26H26ClN5O6S/c1-19-15-21(27)7-9-24(19)31(39(36,37)23-5-3-2-4-6-23)18-26(33)29-28-17-20-16-22(32(34)35)8-10-25(20)30-11-13-38-14-12-30/h2-10,15-17H,11-14,18H2,1H3,(H,29,33)/b28-17-. The summed E-state index contributed by atoms with van der Waals surface area (Å²) < 4.78 is 33.4. The van der Waals surface area contributed by atoms with Gasteiger partial charge in [0.1, 0.15) is 6.54 Å². The first kappa shape index (κ1) is 28.0. The normalized spacial score (nSPS) is 13.8. The molecule has 1 aliphatic rings. The van der Waals surface area contributed by atoms with Crippen molar-refractivity contribution in [2.75, 3.05) is 42.1 Å². The molecular formula is C26H26ClN5O6S. The molecule has 13 heteroatoms. The Bertz CT molecular complexity index is 1490. The lowest BCUT2D eigenvalue weighted by atomic mass is 10.1. The number of amides is 1. The van der Waals surface area contributed by atoms with Gasteiger partial charge in [0.2, 0.25) is 0 Å². The Balaban J connectivity index is 1.59. The Morgan fingerprint density at radius 3 is 2.54 bits per heavy atom. The smallest absolute Gasteiger partial charge is 0.270 e. The molecule has 39 heavy (non-hydrogen) atoms. The molecule has 3 aromatic carbocycles. The number of carbonyl (C=O) groups is 1. The molecular weight excluding hydrogens is 546 g/mol. The zero-order valence-electron chi connectivity index (χ0n) is 21.0. The Hall–Kier alpha value is -4.00. The molecule has 1 aliphatic heterocycles. The summed E-state index contributed by atoms with van der Waals surface area (Å²) in [5.74, 6) is -0.710. The van der Waals surface area contributed by atoms with Crippen LogP contribution in [0.1, 0.15) is 11.1 Å². The van der Waals surface area contributed by atoms with E-state index in [0.29, 0.717) is 48.1 Å². The van der Waals surface area contributed by atoms with Crippen LogP contribution in [0, 0.1) is 17.0 Å². The monoisotopic (exact) mass is 571 g/mol. The number of benzene rings is 3. The van der Waals surface area contributed by atoms with Crippen molar-refractivity contribution in [3.8, 4) is 0 Å². The highest BCUT2D eigenvalue weighted by atomic mass is 35.5. The minimum absolute atomic E-state index is 0.0161. The minimum atomic E-state index is -4.11. The van der Waals surface area contributed by atoms with Crippen molar-refractivity contribution < 1.29 is 22.9 Å². The lowest BCUT2D eigenvalue weighted by Crippen LogP contribution is -2.40. The lowest BCUT2D eigenvalue weighted by molar-refractivity contribution is -0.384. The SMILES string of the molecule is Cc1cc(Cl)ccc1N(CC(=O)N/N=C\c1cc([N+](=O)[O-])ccc1N1CCOCC1)S(=O)(=O)c1ccccc1. The number of nitro groups is 1. The summed E-state index contributed by atoms with van der Waals surface area (Å²) >= 11 is 6.07. The van der Waals surface area contributed by atoms with Crippen molar-refractivity contribution in [2.45, 2.75) is 11.8 Å². The fourth-order valence-corrected chi connectivity index (χ4v) is 5.84. The molecule has 0 aliphatic carbocycles. The number of carbonyl (C=O) groups excluding carboxylic acids is 1. The van der Waals surface area contributed by atoms with E-state index in [0.717, 1.165) is 4.31 Å². The minimum Gasteiger partial charge on any atom is -0.378 e. The first-order valence-corrected chi connectivity index (χ1v) is 13.8. The van der Waals surface area contributed by atoms with Crippen molar-refractivity contribution in [1.82, 2.24) is 5.43 Å². The summed E-state index contributed by atoms with van der Waals surface area (Å²) in [5.41, 5.74) is 4.20. The molecule has 0 aromatic heterocycles. The molecule has 0 saturated carbocycles. The van der Waals surface area contributed by atoms with Gasteiger partial charge in [-0.3, -0.25) is 19.2 Å². The largest absolute Gasteiger partial charge is 0.378 e. The van der Waals surface area contributed by atoms with E-state index in [1.165, 1.54) is 36.5 Å². The van der Waals surface area contributed by atoms with E-state index in [9.17, 15) is 23.3 Å². The summed E-state index contributed by atoms with van der Waals surface area (Å²) in [6, 6.07) is 16.8. The average molecular weight is 572 g/mol. The van der Waals surface area contributed by atoms with Crippen LogP contribution in [0.5, 0.6) is 0 Å². The van der Waals surface area contributed by atoms with Crippen molar-refractivity contribution in [3.05, 3.63) is 93.0 Å². The Labute approximate surface area is 230 Å². The molecule has 0 spiro atoms. The van der Waals surface area contributed by atoms with Crippen molar-refractivity contribution >= 4 is 50.8 Å². The number of nitro benzene ring substituents is 1. The van der Waals surface area contributed by atoms with E-state index >= 15 is 0 Å². The first-order chi connectivity index (χ1) is 18.7. The van der Waals surface area contributed by atoms with Crippen LogP contribution in [0.25, 0.3) is 0 Å². The van der Waals surface area contributed by atoms with Gasteiger partial charge in [-0.1, -0.05) is 29.8 Å². The van der Waals surface area contributed by atoms with E-state index in [-0.39, 0.29) is 16.3 Å². The number of non-ortho nitro benzene ring substituents is 1. The third kappa shape index (κ3) is 6.72. The Morgan fingerprint density at radius 2 is 1.87 bits per heavy atom. The van der Waals surface area contributed by atoms with Crippen LogP contribution in [0.3, 0.4) is 0 Å². The summed E-state index contributed by atoms with van der Waals surface area (Å²) in [6.07, 6.45) is 1.30. The highest BCUT2D eigenvalue weighted by Gasteiger charge is 2.28. The van der Waals surface area contributed by atoms with Gasteiger partial charge in [-0.2, -0.15) is 5.10 Å². The van der Waals surface area contributed by atoms with E-state index in [1.54, 1.807) is 43.3 Å². The molecule has 4 rings (SSSR count). The molecule has 11 nitrogen and oxygen atoms in total. The summed E-state index contributed by atoms with van der Waals surface area (Å²) in [4.78, 5) is 25.8. The molecule has 1 fully saturated rings. The van der Waals surface area contributed by atoms with E-state index in [2.05, 4.69) is 10.5 Å². The number of rotatable bonds is 9. The van der Waals surface area contributed by atoms with Crippen LogP contribution in [0.2, 0.25) is 5.02 Å². The van der Waals surface area contributed by atoms with E-state index < -0.39 is 27.4 Å². The number of aryl methyl sites for hydroxylation is 1. The van der Waals surface area contributed by atoms with Crippen LogP contribution < -0.4 is 14.6 Å². The maximum atomic E-state index is 13.5. The molecule has 1 amide bonds. The molecule has 1 N–H and O–H groups in total. The molecule has 0 radical (unpaired) electrons. The van der Waals surface area contributed by atoms with E-state index in [1.807, 2.05) is 4.90 Å². The molecule has 3 aromatic rings. The Kier molecular flexibility index (Phi) is 8.79. The second-order valence-electron chi connectivity index (χ2n) is 8.65. The quantitative estimate of drug-likeness (QED) is 0.235. The van der Waals surface area contributed by atoms with Gasteiger partial charge < -0.3 is 9.64 Å². The zero-order valence-corrected chi connectivity index (χ0v) is 22.6. The second kappa shape index (κ2) is 12.2. The lowest BCUT2D eigenvalue weighted by Gasteiger charge is -2.29. The van der Waals surface area contributed by atoms with Gasteiger partial charge >= 0.3 is 0 Å². The number of morpholine rings is 1. The number of halogens is 1. The van der Waals surface area contributed by atoms with E-state index in [4.69, 9.17) is 16.3 Å². The van der Waals surface area contributed by atoms with Crippen molar-refractivity contribution in [1.29, 1.82) is 0 Å². The molecule has 0 unspecified atom stereocenters. The summed E-state index contributed by atoms with van der Waals surface area (Å²) in [5, 5.41) is 15.7. The van der Waals surface area contributed by atoms with Gasteiger partial charge in [-0.15, -0.1) is 0 Å². The maximum absolute atomic E-state index is 13.5. The molecule has 204 valence electrons. The summed E-state index contributed by atoms with van der Waals surface area (Å²) in [6.45, 7) is 3.35. The van der Waals surface area contributed by atoms with Gasteiger partial charge in [-0.05, 0) is 48.9 Å². The average Bonchev–Trinajstić information content (AvgIpc) is 2.93. The summed E-state index contributed by atoms with van der Waals surface area (Å²) in [7, 11) is -4.11. The number of hydrazone groups is 1. The van der Waals surface area contributed by atoms with Crippen LogP contribution in [0.4, 0.5) is 17.1 Å². The number of nitrogens with zero attached hydrogens (tertiary/aromatic N) is 4. The predicted molar refractivity (Wildman–Crippen MR) is 149 cm³/mol. The first-order valence-electron chi connectivity index (χ1n) is 11.9. The fraction of sp³-hybridized carbons (Fsp3) is 0.231. The van der Waals surface area contributed by atoms with Gasteiger partial charge in [0.25, 0.3) is 21.6 Å². The maximum Gasteiger partial charge on any atom is 0.270 e. The third-order valence-electron chi connectivity index (χ3n) is 6.01. The highest BCUT2D eigenvalue weighted by molar-refractivity contribution is 7.92. The molecule has 0 bridgehead atoms. The predicted octanol–water partition coefficient (Wildman–Crippen LogP) is 3.74. The molecule has 1 saturated heterocycles. The number of hydrogen-bond acceptors (Lipinski definition) is 8. The zero-order chi connectivity index (χ0) is 28.0. The van der Waals surface area contributed by atoms with Gasteiger partial charge in [0.15, 0.2) is 0 Å². The number of nitrogens with one attached hydrogen (secondary N) is 1. The number of ether oxygens (including phenoxy) is 1. The Morgan fingerprint density at radius 1 is 1.15 bits per heavy atom. The van der Waals surface area contributed by atoms with Crippen LogP contribution >= 0.6 is 11.6 Å². The highest BCUT2D eigenvalue weighted by Crippen LogP contribution is 2.29. The van der Waals surface area contributed by atoms with Gasteiger partial charge in [-0.25, -0.2) is 13.8 Å². The number of sulfonamides is 1. The van der Waals surface area contributed by atoms with Crippen molar-refractivity contribution in [3.63, 3.8) is 0 Å². The van der Waals surface area contributed by atoms with Gasteiger partial charge in [0.05, 0.1) is 34.9 Å². The van der Waals surface area contributed by atoms with Crippen molar-refractivity contribution in [2.24, 2.45) is 5.10 Å². The third-order valence-corrected chi connectivity index (χ3v) is 8.02. The molecule has 0 atom stereocenters. The molecule has 1 heterocycles. The topological polar surface area (TPSA) is 134 Å². The van der Waals surface area contributed by atoms with Gasteiger partial charge in [0, 0.05) is 41.5 Å². The number of anilines is 2. The second-order valence-corrected chi connectivity index (χ2v) is 10.9. The van der Waals surface area contributed by atoms with Crippen LogP contribution in [-0.4, -0.2) is 58.3 Å². The fourth-order valence-electron chi connectivity index (χ4n) is 4.11. The van der Waals surface area contributed by atoms with Crippen LogP contribution in [-0.2, 0) is 19.6 Å². The van der Waals surface area contributed by atoms with Crippen LogP contribution in [0.15, 0.2) is 76.7 Å². The number of hydrogen-bond donors (Lipinski definition) is 1.